The lowest BCUT2D eigenvalue weighted by atomic mass is 10.2. The van der Waals surface area contributed by atoms with Crippen LogP contribution >= 0.6 is 0 Å². The predicted molar refractivity (Wildman–Crippen MR) is 54.9 cm³/mol. The monoisotopic (exact) mass is 197 g/mol. The maximum Gasteiger partial charge on any atom is 0.126 e. The van der Waals surface area contributed by atoms with E-state index in [0.717, 1.165) is 5.56 Å². The summed E-state index contributed by atoms with van der Waals surface area (Å²) in [5.41, 5.74) is 6.57. The molecule has 0 spiro atoms. The van der Waals surface area contributed by atoms with Gasteiger partial charge in [0.1, 0.15) is 17.7 Å². The first kappa shape index (κ1) is 11.0. The molecule has 78 valence electrons. The summed E-state index contributed by atoms with van der Waals surface area (Å²) in [5.74, 6) is 0.275. The molecule has 2 atom stereocenters. The van der Waals surface area contributed by atoms with Crippen molar-refractivity contribution in [2.75, 3.05) is 0 Å². The van der Waals surface area contributed by atoms with Crippen molar-refractivity contribution in [1.29, 1.82) is 0 Å². The highest BCUT2D eigenvalue weighted by Crippen LogP contribution is 2.20. The molecule has 14 heavy (non-hydrogen) atoms. The van der Waals surface area contributed by atoms with Gasteiger partial charge in [-0.2, -0.15) is 0 Å². The van der Waals surface area contributed by atoms with Crippen LogP contribution in [0.1, 0.15) is 19.4 Å². The van der Waals surface area contributed by atoms with Gasteiger partial charge < -0.3 is 10.5 Å². The Bertz CT molecular complexity index is 312. The van der Waals surface area contributed by atoms with E-state index in [1.165, 1.54) is 12.1 Å². The van der Waals surface area contributed by atoms with E-state index in [4.69, 9.17) is 10.5 Å². The third-order valence-electron chi connectivity index (χ3n) is 2.20. The average molecular weight is 197 g/mol. The molecular formula is C11H16FNO. The fourth-order valence-corrected chi connectivity index (χ4v) is 1.01. The van der Waals surface area contributed by atoms with Gasteiger partial charge in [-0.1, -0.05) is 6.07 Å². The summed E-state index contributed by atoms with van der Waals surface area (Å²) < 4.78 is 18.4. The van der Waals surface area contributed by atoms with Gasteiger partial charge in [0.2, 0.25) is 0 Å². The van der Waals surface area contributed by atoms with Crippen molar-refractivity contribution in [2.24, 2.45) is 5.73 Å². The molecule has 1 aromatic rings. The summed E-state index contributed by atoms with van der Waals surface area (Å²) in [5, 5.41) is 0. The third-order valence-corrected chi connectivity index (χ3v) is 2.20. The fourth-order valence-electron chi connectivity index (χ4n) is 1.01. The molecule has 0 aliphatic carbocycles. The van der Waals surface area contributed by atoms with Crippen molar-refractivity contribution in [2.45, 2.75) is 32.9 Å². The molecule has 0 aliphatic heterocycles. The van der Waals surface area contributed by atoms with E-state index in [0.29, 0.717) is 5.75 Å². The van der Waals surface area contributed by atoms with Crippen LogP contribution in [0.4, 0.5) is 4.39 Å². The predicted octanol–water partition coefficient (Wildman–Crippen LogP) is 2.25. The summed E-state index contributed by atoms with van der Waals surface area (Å²) in [6.45, 7) is 5.61. The summed E-state index contributed by atoms with van der Waals surface area (Å²) in [7, 11) is 0. The number of hydrogen-bond donors (Lipinski definition) is 1. The zero-order valence-electron chi connectivity index (χ0n) is 8.75. The molecule has 0 saturated heterocycles. The summed E-state index contributed by atoms with van der Waals surface area (Å²) >= 11 is 0. The van der Waals surface area contributed by atoms with Crippen LogP contribution in [0.3, 0.4) is 0 Å². The Morgan fingerprint density at radius 3 is 2.57 bits per heavy atom. The quantitative estimate of drug-likeness (QED) is 0.806. The van der Waals surface area contributed by atoms with Gasteiger partial charge in [0, 0.05) is 12.1 Å². The van der Waals surface area contributed by atoms with Crippen molar-refractivity contribution in [3.63, 3.8) is 0 Å². The highest BCUT2D eigenvalue weighted by atomic mass is 19.1. The molecule has 0 amide bonds. The molecule has 0 heterocycles. The fraction of sp³-hybridized carbons (Fsp3) is 0.455. The summed E-state index contributed by atoms with van der Waals surface area (Å²) in [4.78, 5) is 0. The maximum absolute atomic E-state index is 12.9. The Morgan fingerprint density at radius 1 is 1.36 bits per heavy atom. The van der Waals surface area contributed by atoms with E-state index in [9.17, 15) is 4.39 Å². The SMILES string of the molecule is Cc1ccc(F)cc1OC(C)C(C)N. The molecular weight excluding hydrogens is 181 g/mol. The second-order valence-electron chi connectivity index (χ2n) is 3.59. The minimum absolute atomic E-state index is 0.0716. The lowest BCUT2D eigenvalue weighted by Gasteiger charge is -2.19. The zero-order valence-corrected chi connectivity index (χ0v) is 8.75. The Balaban J connectivity index is 2.80. The molecule has 1 aromatic carbocycles. The van der Waals surface area contributed by atoms with Crippen LogP contribution in [0.15, 0.2) is 18.2 Å². The first-order valence-corrected chi connectivity index (χ1v) is 4.69. The second kappa shape index (κ2) is 4.42. The Hall–Kier alpha value is -1.09. The third kappa shape index (κ3) is 2.70. The Labute approximate surface area is 83.9 Å². The van der Waals surface area contributed by atoms with E-state index >= 15 is 0 Å². The molecule has 0 radical (unpaired) electrons. The smallest absolute Gasteiger partial charge is 0.126 e. The number of halogens is 1. The van der Waals surface area contributed by atoms with E-state index in [2.05, 4.69) is 0 Å². The maximum atomic E-state index is 12.9. The van der Waals surface area contributed by atoms with Crippen molar-refractivity contribution >= 4 is 0 Å². The van der Waals surface area contributed by atoms with Crippen LogP contribution in [0, 0.1) is 12.7 Å². The van der Waals surface area contributed by atoms with Gasteiger partial charge in [-0.15, -0.1) is 0 Å². The minimum Gasteiger partial charge on any atom is -0.489 e. The molecule has 0 bridgehead atoms. The summed E-state index contributed by atoms with van der Waals surface area (Å²) in [6.07, 6.45) is -0.115. The number of benzene rings is 1. The van der Waals surface area contributed by atoms with E-state index in [1.807, 2.05) is 20.8 Å². The van der Waals surface area contributed by atoms with E-state index < -0.39 is 0 Å². The first-order chi connectivity index (χ1) is 6.50. The molecule has 0 fully saturated rings. The highest BCUT2D eigenvalue weighted by molar-refractivity contribution is 5.32. The number of hydrogen-bond acceptors (Lipinski definition) is 2. The molecule has 0 aromatic heterocycles. The number of ether oxygens (including phenoxy) is 1. The summed E-state index contributed by atoms with van der Waals surface area (Å²) in [6, 6.07) is 4.42. The van der Waals surface area contributed by atoms with E-state index in [-0.39, 0.29) is 18.0 Å². The number of aryl methyl sites for hydroxylation is 1. The van der Waals surface area contributed by atoms with Crippen molar-refractivity contribution in [1.82, 2.24) is 0 Å². The molecule has 3 heteroatoms. The zero-order chi connectivity index (χ0) is 10.7. The lowest BCUT2D eigenvalue weighted by Crippen LogP contribution is -2.33. The van der Waals surface area contributed by atoms with Crippen LogP contribution in [-0.2, 0) is 0 Å². The van der Waals surface area contributed by atoms with Gasteiger partial charge in [0.05, 0.1) is 0 Å². The normalized spacial score (nSPS) is 14.9. The van der Waals surface area contributed by atoms with Gasteiger partial charge in [-0.25, -0.2) is 4.39 Å². The van der Waals surface area contributed by atoms with Crippen LogP contribution < -0.4 is 10.5 Å². The van der Waals surface area contributed by atoms with Gasteiger partial charge in [0.15, 0.2) is 0 Å². The van der Waals surface area contributed by atoms with Gasteiger partial charge in [-0.05, 0) is 32.4 Å². The topological polar surface area (TPSA) is 35.2 Å². The standard InChI is InChI=1S/C11H16FNO/c1-7-4-5-10(12)6-11(7)14-9(3)8(2)13/h4-6,8-9H,13H2,1-3H3. The van der Waals surface area contributed by atoms with E-state index in [1.54, 1.807) is 6.07 Å². The Morgan fingerprint density at radius 2 is 2.00 bits per heavy atom. The molecule has 1 rings (SSSR count). The van der Waals surface area contributed by atoms with Crippen molar-refractivity contribution in [3.8, 4) is 5.75 Å². The largest absolute Gasteiger partial charge is 0.489 e. The number of rotatable bonds is 3. The van der Waals surface area contributed by atoms with Gasteiger partial charge in [0.25, 0.3) is 0 Å². The first-order valence-electron chi connectivity index (χ1n) is 4.69. The molecule has 0 aliphatic rings. The van der Waals surface area contributed by atoms with Crippen LogP contribution in [-0.4, -0.2) is 12.1 Å². The van der Waals surface area contributed by atoms with Gasteiger partial charge in [-0.3, -0.25) is 0 Å². The van der Waals surface area contributed by atoms with Crippen LogP contribution in [0.2, 0.25) is 0 Å². The number of nitrogens with two attached hydrogens (primary N) is 1. The van der Waals surface area contributed by atoms with Crippen LogP contribution in [0.5, 0.6) is 5.75 Å². The van der Waals surface area contributed by atoms with Gasteiger partial charge >= 0.3 is 0 Å². The highest BCUT2D eigenvalue weighted by Gasteiger charge is 2.10. The van der Waals surface area contributed by atoms with Crippen molar-refractivity contribution in [3.05, 3.63) is 29.6 Å². The lowest BCUT2D eigenvalue weighted by molar-refractivity contribution is 0.194. The molecule has 0 saturated carbocycles. The Kier molecular flexibility index (Phi) is 3.47. The molecule has 2 nitrogen and oxygen atoms in total. The van der Waals surface area contributed by atoms with Crippen LogP contribution in [0.25, 0.3) is 0 Å². The minimum atomic E-state index is -0.289. The average Bonchev–Trinajstić information content (AvgIpc) is 2.11. The molecule has 2 unspecified atom stereocenters. The van der Waals surface area contributed by atoms with Crippen molar-refractivity contribution < 1.29 is 9.13 Å². The second-order valence-corrected chi connectivity index (χ2v) is 3.59. The molecule has 2 N–H and O–H groups in total.